The summed E-state index contributed by atoms with van der Waals surface area (Å²) in [7, 11) is 2.87. The average molecular weight is 626 g/mol. The molecule has 11 heteroatoms. The first-order chi connectivity index (χ1) is 21.0. The summed E-state index contributed by atoms with van der Waals surface area (Å²) in [6.45, 7) is 9.62. The lowest BCUT2D eigenvalue weighted by Gasteiger charge is -2.55. The number of ether oxygens (including phenoxy) is 3. The van der Waals surface area contributed by atoms with Crippen molar-refractivity contribution in [3.05, 3.63) is 58.8 Å². The van der Waals surface area contributed by atoms with Gasteiger partial charge in [0.15, 0.2) is 0 Å². The Morgan fingerprint density at radius 3 is 2.40 bits per heavy atom. The van der Waals surface area contributed by atoms with Crippen molar-refractivity contribution in [2.75, 3.05) is 26.1 Å². The number of alkyl halides is 2. The van der Waals surface area contributed by atoms with E-state index in [4.69, 9.17) is 14.2 Å². The molecule has 1 atom stereocenters. The van der Waals surface area contributed by atoms with Gasteiger partial charge in [-0.3, -0.25) is 14.3 Å². The molecule has 1 saturated heterocycles. The van der Waals surface area contributed by atoms with E-state index in [1.54, 1.807) is 31.5 Å². The molecule has 0 radical (unpaired) electrons. The molecule has 0 unspecified atom stereocenters. The lowest BCUT2D eigenvalue weighted by Crippen LogP contribution is -2.53. The summed E-state index contributed by atoms with van der Waals surface area (Å²) in [5, 5.41) is 3.66. The van der Waals surface area contributed by atoms with E-state index in [0.29, 0.717) is 42.9 Å². The predicted octanol–water partition coefficient (Wildman–Crippen LogP) is 7.24. The summed E-state index contributed by atoms with van der Waals surface area (Å²) >= 11 is 0. The molecule has 1 spiro atoms. The van der Waals surface area contributed by atoms with E-state index < -0.39 is 29.0 Å². The standard InChI is InChI=1S/C34H41F2N3O6/c1-20-14-28(43-6)25(23-10-12-39(29(20)23)31(42)45-32(3,4)5)17-38-13-11-33(18-34(35,36)19-33)16-27(38)24-9-8-22(30(41)44-7)15-26(24)37-21(2)40/h8-10,12,14-15,27H,11,13,16-19H2,1-7H3,(H,37,40)/t27-/m1/s1. The van der Waals surface area contributed by atoms with Gasteiger partial charge in [-0.1, -0.05) is 6.07 Å². The van der Waals surface area contributed by atoms with Crippen LogP contribution in [0.4, 0.5) is 19.3 Å². The van der Waals surface area contributed by atoms with Crippen LogP contribution in [-0.2, 0) is 20.8 Å². The fraction of sp³-hybridized carbons (Fsp3) is 0.500. The number of nitrogens with one attached hydrogen (secondary N) is 1. The number of esters is 1. The van der Waals surface area contributed by atoms with Crippen LogP contribution in [0, 0.1) is 12.3 Å². The van der Waals surface area contributed by atoms with Gasteiger partial charge in [0.2, 0.25) is 11.8 Å². The second kappa shape index (κ2) is 11.7. The Morgan fingerprint density at radius 1 is 1.09 bits per heavy atom. The molecule has 1 aliphatic heterocycles. The Bertz CT molecular complexity index is 1650. The average Bonchev–Trinajstić information content (AvgIpc) is 3.39. The quantitative estimate of drug-likeness (QED) is 0.288. The molecule has 1 amide bonds. The number of halogens is 2. The zero-order valence-corrected chi connectivity index (χ0v) is 26.9. The van der Waals surface area contributed by atoms with Gasteiger partial charge >= 0.3 is 12.1 Å². The number of hydrogen-bond acceptors (Lipinski definition) is 7. The highest BCUT2D eigenvalue weighted by atomic mass is 19.3. The number of piperidine rings is 1. The molecule has 9 nitrogen and oxygen atoms in total. The number of nitrogens with zero attached hydrogens (tertiary/aromatic N) is 2. The van der Waals surface area contributed by atoms with Crippen LogP contribution in [0.15, 0.2) is 36.5 Å². The van der Waals surface area contributed by atoms with Crippen LogP contribution in [0.5, 0.6) is 5.75 Å². The highest BCUT2D eigenvalue weighted by Gasteiger charge is 2.58. The molecule has 2 fully saturated rings. The van der Waals surface area contributed by atoms with Gasteiger partial charge in [-0.2, -0.15) is 0 Å². The summed E-state index contributed by atoms with van der Waals surface area (Å²) in [6.07, 6.45) is 1.86. The maximum absolute atomic E-state index is 14.3. The van der Waals surface area contributed by atoms with Crippen molar-refractivity contribution in [1.29, 1.82) is 0 Å². The van der Waals surface area contributed by atoms with Crippen molar-refractivity contribution in [1.82, 2.24) is 9.47 Å². The van der Waals surface area contributed by atoms with E-state index in [1.807, 2.05) is 39.8 Å². The number of aromatic nitrogens is 1. The molecule has 2 aromatic carbocycles. The number of benzene rings is 2. The number of fused-ring (bicyclic) bond motifs is 1. The second-order valence-electron chi connectivity index (χ2n) is 13.4. The monoisotopic (exact) mass is 625 g/mol. The van der Waals surface area contributed by atoms with E-state index in [9.17, 15) is 23.2 Å². The number of anilines is 1. The summed E-state index contributed by atoms with van der Waals surface area (Å²) in [5.74, 6) is -2.93. The largest absolute Gasteiger partial charge is 0.496 e. The van der Waals surface area contributed by atoms with Crippen molar-refractivity contribution in [2.45, 2.75) is 84.4 Å². The van der Waals surface area contributed by atoms with E-state index in [0.717, 1.165) is 22.1 Å². The van der Waals surface area contributed by atoms with Crippen LogP contribution in [0.3, 0.4) is 0 Å². The molecule has 242 valence electrons. The van der Waals surface area contributed by atoms with E-state index in [1.165, 1.54) is 18.6 Å². The van der Waals surface area contributed by atoms with Gasteiger partial charge in [-0.05, 0) is 87.9 Å². The molecular weight excluding hydrogens is 584 g/mol. The minimum Gasteiger partial charge on any atom is -0.496 e. The minimum atomic E-state index is -2.70. The minimum absolute atomic E-state index is 0.184. The number of methoxy groups -OCH3 is 2. The zero-order valence-electron chi connectivity index (χ0n) is 26.9. The highest BCUT2D eigenvalue weighted by molar-refractivity contribution is 5.96. The van der Waals surface area contributed by atoms with E-state index in [-0.39, 0.29) is 30.4 Å². The van der Waals surface area contributed by atoms with Gasteiger partial charge in [0.05, 0.1) is 25.3 Å². The van der Waals surface area contributed by atoms with Crippen molar-refractivity contribution >= 4 is 34.6 Å². The molecule has 2 heterocycles. The first kappa shape index (κ1) is 32.4. The van der Waals surface area contributed by atoms with Crippen molar-refractivity contribution < 1.29 is 37.4 Å². The van der Waals surface area contributed by atoms with Crippen LogP contribution in [0.25, 0.3) is 10.9 Å². The molecule has 0 bridgehead atoms. The van der Waals surface area contributed by atoms with Crippen molar-refractivity contribution in [2.24, 2.45) is 5.41 Å². The summed E-state index contributed by atoms with van der Waals surface area (Å²) in [4.78, 5) is 39.9. The fourth-order valence-electron chi connectivity index (χ4n) is 7.00. The van der Waals surface area contributed by atoms with Crippen LogP contribution >= 0.6 is 0 Å². The SMILES string of the molecule is COC(=O)c1ccc([C@H]2CC3(CCN2Cc2c(OC)cc(C)c4c2ccn4C(=O)OC(C)(C)C)CC(F)(F)C3)c(NC(C)=O)c1. The lowest BCUT2D eigenvalue weighted by atomic mass is 9.58. The highest BCUT2D eigenvalue weighted by Crippen LogP contribution is 2.61. The fourth-order valence-corrected chi connectivity index (χ4v) is 7.00. The Hall–Kier alpha value is -3.99. The third-order valence-corrected chi connectivity index (χ3v) is 8.81. The second-order valence-corrected chi connectivity index (χ2v) is 13.4. The molecular formula is C34H41F2N3O6. The number of carbonyl (C=O) groups excluding carboxylic acids is 3. The van der Waals surface area contributed by atoms with Gasteiger partial charge in [0.25, 0.3) is 0 Å². The Labute approximate surface area is 261 Å². The van der Waals surface area contributed by atoms with Crippen molar-refractivity contribution in [3.8, 4) is 5.75 Å². The summed E-state index contributed by atoms with van der Waals surface area (Å²) in [6, 6.07) is 8.36. The Morgan fingerprint density at radius 2 is 1.80 bits per heavy atom. The predicted molar refractivity (Wildman–Crippen MR) is 166 cm³/mol. The Kier molecular flexibility index (Phi) is 8.46. The van der Waals surface area contributed by atoms with Crippen LogP contribution in [0.1, 0.15) is 86.5 Å². The lowest BCUT2D eigenvalue weighted by molar-refractivity contribution is -0.186. The van der Waals surface area contributed by atoms with Gasteiger partial charge in [-0.15, -0.1) is 0 Å². The van der Waals surface area contributed by atoms with Crippen LogP contribution in [-0.4, -0.2) is 59.7 Å². The molecule has 1 aliphatic carbocycles. The number of amides is 1. The number of carbonyl (C=O) groups is 3. The molecule has 1 N–H and O–H groups in total. The Balaban J connectivity index is 1.59. The maximum atomic E-state index is 14.3. The maximum Gasteiger partial charge on any atom is 0.419 e. The number of rotatable bonds is 6. The molecule has 45 heavy (non-hydrogen) atoms. The smallest absolute Gasteiger partial charge is 0.419 e. The molecule has 2 aliphatic rings. The van der Waals surface area contributed by atoms with Crippen LogP contribution < -0.4 is 10.1 Å². The number of hydrogen-bond donors (Lipinski definition) is 1. The molecule has 1 aromatic heterocycles. The van der Waals surface area contributed by atoms with E-state index in [2.05, 4.69) is 10.2 Å². The number of likely N-dealkylation sites (tertiary alicyclic amines) is 1. The van der Waals surface area contributed by atoms with Crippen LogP contribution in [0.2, 0.25) is 0 Å². The third-order valence-electron chi connectivity index (χ3n) is 8.81. The van der Waals surface area contributed by atoms with Gasteiger partial charge in [0.1, 0.15) is 11.4 Å². The first-order valence-corrected chi connectivity index (χ1v) is 15.1. The van der Waals surface area contributed by atoms with Crippen molar-refractivity contribution in [3.63, 3.8) is 0 Å². The van der Waals surface area contributed by atoms with Gasteiger partial charge < -0.3 is 19.5 Å². The topological polar surface area (TPSA) is 99.1 Å². The molecule has 5 rings (SSSR count). The zero-order chi connectivity index (χ0) is 32.9. The third kappa shape index (κ3) is 6.54. The van der Waals surface area contributed by atoms with E-state index >= 15 is 0 Å². The first-order valence-electron chi connectivity index (χ1n) is 15.1. The van der Waals surface area contributed by atoms with Gasteiger partial charge in [0, 0.05) is 55.2 Å². The summed E-state index contributed by atoms with van der Waals surface area (Å²) in [5.41, 5.74) is 2.58. The van der Waals surface area contributed by atoms with Gasteiger partial charge in [-0.25, -0.2) is 18.4 Å². The number of aryl methyl sites for hydroxylation is 1. The molecule has 1 saturated carbocycles. The molecule has 3 aromatic rings. The normalized spacial score (nSPS) is 19.2. The summed E-state index contributed by atoms with van der Waals surface area (Å²) < 4.78 is 46.4.